The van der Waals surface area contributed by atoms with Crippen LogP contribution in [-0.4, -0.2) is 20.8 Å². The van der Waals surface area contributed by atoms with Gasteiger partial charge in [-0.15, -0.1) is 0 Å². The summed E-state index contributed by atoms with van der Waals surface area (Å²) in [6.45, 7) is 2.97. The van der Waals surface area contributed by atoms with E-state index in [1.165, 1.54) is 5.56 Å². The molecule has 2 rings (SSSR count). The second kappa shape index (κ2) is 5.59. The van der Waals surface area contributed by atoms with Crippen LogP contribution in [0.3, 0.4) is 0 Å². The Morgan fingerprint density at radius 2 is 2.24 bits per heavy atom. The highest BCUT2D eigenvalue weighted by atomic mass is 15.3. The van der Waals surface area contributed by atoms with E-state index in [-0.39, 0.29) is 6.04 Å². The van der Waals surface area contributed by atoms with E-state index < -0.39 is 0 Å². The monoisotopic (exact) mass is 230 g/mol. The van der Waals surface area contributed by atoms with Gasteiger partial charge in [0.15, 0.2) is 0 Å². The standard InChI is InChI=1S/C13H18N4/c1-2-17-10-11(9-16-17)7-12(14)8-13-5-3-4-6-15-13/h3-6,9-10,12H,2,7-8,14H2,1H3. The van der Waals surface area contributed by atoms with Crippen molar-refractivity contribution in [2.24, 2.45) is 5.73 Å². The van der Waals surface area contributed by atoms with Gasteiger partial charge in [0.25, 0.3) is 0 Å². The number of rotatable bonds is 5. The molecule has 0 radical (unpaired) electrons. The van der Waals surface area contributed by atoms with E-state index in [2.05, 4.69) is 23.2 Å². The average molecular weight is 230 g/mol. The third-order valence-corrected chi connectivity index (χ3v) is 2.71. The molecular formula is C13H18N4. The van der Waals surface area contributed by atoms with Crippen molar-refractivity contribution in [3.63, 3.8) is 0 Å². The Hall–Kier alpha value is -1.68. The van der Waals surface area contributed by atoms with Gasteiger partial charge in [0.05, 0.1) is 6.20 Å². The minimum absolute atomic E-state index is 0.0967. The first-order valence-electron chi connectivity index (χ1n) is 5.94. The molecule has 2 aromatic heterocycles. The normalized spacial score (nSPS) is 12.6. The minimum Gasteiger partial charge on any atom is -0.327 e. The van der Waals surface area contributed by atoms with Crippen LogP contribution in [0.1, 0.15) is 18.2 Å². The van der Waals surface area contributed by atoms with Crippen LogP contribution in [0.15, 0.2) is 36.8 Å². The molecule has 17 heavy (non-hydrogen) atoms. The van der Waals surface area contributed by atoms with Crippen molar-refractivity contribution in [2.75, 3.05) is 0 Å². The molecule has 2 aromatic rings. The summed E-state index contributed by atoms with van der Waals surface area (Å²) < 4.78 is 1.92. The number of nitrogens with zero attached hydrogens (tertiary/aromatic N) is 3. The maximum atomic E-state index is 6.11. The van der Waals surface area contributed by atoms with Gasteiger partial charge in [-0.2, -0.15) is 5.10 Å². The highest BCUT2D eigenvalue weighted by Gasteiger charge is 2.07. The SMILES string of the molecule is CCn1cc(CC(N)Cc2ccccn2)cn1. The lowest BCUT2D eigenvalue weighted by Gasteiger charge is -2.09. The highest BCUT2D eigenvalue weighted by molar-refractivity contribution is 5.10. The van der Waals surface area contributed by atoms with Gasteiger partial charge in [-0.05, 0) is 31.0 Å². The van der Waals surface area contributed by atoms with Gasteiger partial charge < -0.3 is 5.73 Å². The molecular weight excluding hydrogens is 212 g/mol. The van der Waals surface area contributed by atoms with Crippen LogP contribution in [0.5, 0.6) is 0 Å². The molecule has 0 aliphatic carbocycles. The smallest absolute Gasteiger partial charge is 0.0522 e. The molecule has 0 fully saturated rings. The summed E-state index contributed by atoms with van der Waals surface area (Å²) >= 11 is 0. The second-order valence-electron chi connectivity index (χ2n) is 4.19. The van der Waals surface area contributed by atoms with Gasteiger partial charge in [-0.3, -0.25) is 9.67 Å². The molecule has 0 saturated heterocycles. The zero-order chi connectivity index (χ0) is 12.1. The Balaban J connectivity index is 1.91. The Bertz CT molecular complexity index is 449. The number of hydrogen-bond donors (Lipinski definition) is 1. The Labute approximate surface area is 101 Å². The molecule has 0 amide bonds. The number of pyridine rings is 1. The molecule has 4 heteroatoms. The largest absolute Gasteiger partial charge is 0.327 e. The molecule has 0 saturated carbocycles. The fourth-order valence-electron chi connectivity index (χ4n) is 1.85. The maximum Gasteiger partial charge on any atom is 0.0522 e. The predicted octanol–water partition coefficient (Wildman–Crippen LogP) is 1.41. The van der Waals surface area contributed by atoms with Gasteiger partial charge in [0, 0.05) is 37.1 Å². The van der Waals surface area contributed by atoms with Crippen molar-refractivity contribution in [3.8, 4) is 0 Å². The molecule has 2 heterocycles. The topological polar surface area (TPSA) is 56.7 Å². The van der Waals surface area contributed by atoms with E-state index in [1.807, 2.05) is 29.1 Å². The van der Waals surface area contributed by atoms with E-state index in [9.17, 15) is 0 Å². The Morgan fingerprint density at radius 3 is 2.88 bits per heavy atom. The first kappa shape index (κ1) is 11.8. The quantitative estimate of drug-likeness (QED) is 0.845. The lowest BCUT2D eigenvalue weighted by Crippen LogP contribution is -2.25. The van der Waals surface area contributed by atoms with E-state index >= 15 is 0 Å². The van der Waals surface area contributed by atoms with Crippen molar-refractivity contribution in [2.45, 2.75) is 32.4 Å². The van der Waals surface area contributed by atoms with Crippen LogP contribution >= 0.6 is 0 Å². The van der Waals surface area contributed by atoms with Gasteiger partial charge in [0.1, 0.15) is 0 Å². The fraction of sp³-hybridized carbons (Fsp3) is 0.385. The Kier molecular flexibility index (Phi) is 3.88. The van der Waals surface area contributed by atoms with E-state index in [0.717, 1.165) is 25.1 Å². The highest BCUT2D eigenvalue weighted by Crippen LogP contribution is 2.05. The molecule has 90 valence electrons. The molecule has 0 aromatic carbocycles. The average Bonchev–Trinajstić information content (AvgIpc) is 2.78. The molecule has 0 aliphatic heterocycles. The van der Waals surface area contributed by atoms with Crippen molar-refractivity contribution >= 4 is 0 Å². The number of aryl methyl sites for hydroxylation is 1. The summed E-state index contributed by atoms with van der Waals surface area (Å²) in [6, 6.07) is 6.01. The van der Waals surface area contributed by atoms with Crippen LogP contribution in [0.2, 0.25) is 0 Å². The zero-order valence-corrected chi connectivity index (χ0v) is 10.1. The van der Waals surface area contributed by atoms with Crippen molar-refractivity contribution < 1.29 is 0 Å². The fourth-order valence-corrected chi connectivity index (χ4v) is 1.85. The zero-order valence-electron chi connectivity index (χ0n) is 10.1. The summed E-state index contributed by atoms with van der Waals surface area (Å²) in [7, 11) is 0. The van der Waals surface area contributed by atoms with E-state index in [4.69, 9.17) is 5.73 Å². The van der Waals surface area contributed by atoms with Crippen molar-refractivity contribution in [1.82, 2.24) is 14.8 Å². The molecule has 0 bridgehead atoms. The number of hydrogen-bond acceptors (Lipinski definition) is 3. The molecule has 2 N–H and O–H groups in total. The summed E-state index contributed by atoms with van der Waals surface area (Å²) in [5.41, 5.74) is 8.35. The number of nitrogens with two attached hydrogens (primary N) is 1. The lowest BCUT2D eigenvalue weighted by molar-refractivity contribution is 0.645. The predicted molar refractivity (Wildman–Crippen MR) is 67.5 cm³/mol. The van der Waals surface area contributed by atoms with Crippen molar-refractivity contribution in [1.29, 1.82) is 0 Å². The summed E-state index contributed by atoms with van der Waals surface area (Å²) in [4.78, 5) is 4.28. The number of aromatic nitrogens is 3. The third kappa shape index (κ3) is 3.39. The minimum atomic E-state index is 0.0967. The van der Waals surface area contributed by atoms with Gasteiger partial charge in [-0.25, -0.2) is 0 Å². The van der Waals surface area contributed by atoms with E-state index in [0.29, 0.717) is 0 Å². The second-order valence-corrected chi connectivity index (χ2v) is 4.19. The van der Waals surface area contributed by atoms with Gasteiger partial charge in [-0.1, -0.05) is 6.07 Å². The summed E-state index contributed by atoms with van der Waals surface area (Å²) in [6.07, 6.45) is 7.39. The molecule has 1 atom stereocenters. The Morgan fingerprint density at radius 1 is 1.35 bits per heavy atom. The molecule has 4 nitrogen and oxygen atoms in total. The van der Waals surface area contributed by atoms with Crippen molar-refractivity contribution in [3.05, 3.63) is 48.0 Å². The van der Waals surface area contributed by atoms with Gasteiger partial charge in [0.2, 0.25) is 0 Å². The van der Waals surface area contributed by atoms with Crippen LogP contribution in [0.4, 0.5) is 0 Å². The molecule has 0 spiro atoms. The van der Waals surface area contributed by atoms with Crippen LogP contribution in [0, 0.1) is 0 Å². The van der Waals surface area contributed by atoms with E-state index in [1.54, 1.807) is 6.20 Å². The maximum absolute atomic E-state index is 6.11. The molecule has 1 unspecified atom stereocenters. The third-order valence-electron chi connectivity index (χ3n) is 2.71. The molecule has 0 aliphatic rings. The first-order valence-corrected chi connectivity index (χ1v) is 5.94. The van der Waals surface area contributed by atoms with Crippen LogP contribution < -0.4 is 5.73 Å². The van der Waals surface area contributed by atoms with Gasteiger partial charge >= 0.3 is 0 Å². The first-order chi connectivity index (χ1) is 8.28. The van der Waals surface area contributed by atoms with Crippen LogP contribution in [-0.2, 0) is 19.4 Å². The lowest BCUT2D eigenvalue weighted by atomic mass is 10.1. The summed E-state index contributed by atoms with van der Waals surface area (Å²) in [5.74, 6) is 0. The summed E-state index contributed by atoms with van der Waals surface area (Å²) in [5, 5.41) is 4.24. The van der Waals surface area contributed by atoms with Crippen LogP contribution in [0.25, 0.3) is 0 Å².